The number of Topliss-reactive ketones (excluding diaryl/α,β-unsaturated/α-hetero) is 1. The first-order chi connectivity index (χ1) is 8.47. The third kappa shape index (κ3) is 3.10. The first-order valence-corrected chi connectivity index (χ1v) is 5.84. The van der Waals surface area contributed by atoms with Crippen LogP contribution in [0.1, 0.15) is 17.5 Å². The summed E-state index contributed by atoms with van der Waals surface area (Å²) < 4.78 is 38.2. The van der Waals surface area contributed by atoms with Crippen LogP contribution in [0, 0.1) is 5.92 Å². The molecule has 1 N–H and O–H groups in total. The minimum Gasteiger partial charge on any atom is -0.316 e. The Labute approximate surface area is 103 Å². The van der Waals surface area contributed by atoms with Gasteiger partial charge in [-0.25, -0.2) is 0 Å². The molecular weight excluding hydrogens is 243 g/mol. The van der Waals surface area contributed by atoms with Crippen molar-refractivity contribution in [2.75, 3.05) is 13.1 Å². The van der Waals surface area contributed by atoms with Crippen LogP contribution in [0.4, 0.5) is 13.2 Å². The Morgan fingerprint density at radius 3 is 2.50 bits per heavy atom. The maximum Gasteiger partial charge on any atom is 0.416 e. The fourth-order valence-corrected chi connectivity index (χ4v) is 2.05. The molecule has 0 aliphatic carbocycles. The molecule has 98 valence electrons. The number of carbonyl (C=O) groups is 1. The lowest BCUT2D eigenvalue weighted by atomic mass is 9.93. The smallest absolute Gasteiger partial charge is 0.316 e. The van der Waals surface area contributed by atoms with Gasteiger partial charge in [-0.2, -0.15) is 13.2 Å². The van der Waals surface area contributed by atoms with E-state index >= 15 is 0 Å². The van der Waals surface area contributed by atoms with Crippen LogP contribution < -0.4 is 5.32 Å². The molecular formula is C13H14F3NO. The van der Waals surface area contributed by atoms with Gasteiger partial charge in [0.05, 0.1) is 5.56 Å². The van der Waals surface area contributed by atoms with Crippen molar-refractivity contribution in [1.82, 2.24) is 5.32 Å². The van der Waals surface area contributed by atoms with E-state index in [4.69, 9.17) is 0 Å². The third-order valence-electron chi connectivity index (χ3n) is 3.09. The second kappa shape index (κ2) is 5.10. The van der Waals surface area contributed by atoms with Gasteiger partial charge < -0.3 is 5.32 Å². The van der Waals surface area contributed by atoms with Crippen LogP contribution >= 0.6 is 0 Å². The summed E-state index contributed by atoms with van der Waals surface area (Å²) in [5, 5.41) is 3.03. The summed E-state index contributed by atoms with van der Waals surface area (Å²) in [6, 6.07) is 5.27. The maximum absolute atomic E-state index is 12.7. The zero-order valence-corrected chi connectivity index (χ0v) is 9.76. The molecule has 0 aromatic heterocycles. The lowest BCUT2D eigenvalue weighted by Gasteiger charge is -2.26. The molecule has 1 aliphatic heterocycles. The Morgan fingerprint density at radius 1 is 1.28 bits per heavy atom. The predicted octanol–water partition coefficient (Wildman–Crippen LogP) is 2.43. The van der Waals surface area contributed by atoms with Crippen LogP contribution in [0.2, 0.25) is 0 Å². The number of ketones is 1. The molecule has 5 heteroatoms. The predicted molar refractivity (Wildman–Crippen MR) is 61.1 cm³/mol. The Hall–Kier alpha value is -1.36. The van der Waals surface area contributed by atoms with E-state index in [0.29, 0.717) is 6.42 Å². The molecule has 0 atom stereocenters. The van der Waals surface area contributed by atoms with Crippen LogP contribution in [0.3, 0.4) is 0 Å². The van der Waals surface area contributed by atoms with Crippen LogP contribution in [0.5, 0.6) is 0 Å². The second-order valence-corrected chi connectivity index (χ2v) is 4.60. The van der Waals surface area contributed by atoms with Gasteiger partial charge in [0.15, 0.2) is 0 Å². The monoisotopic (exact) mass is 257 g/mol. The van der Waals surface area contributed by atoms with Crippen molar-refractivity contribution in [3.63, 3.8) is 0 Å². The van der Waals surface area contributed by atoms with Crippen molar-refractivity contribution in [2.24, 2.45) is 5.92 Å². The van der Waals surface area contributed by atoms with Crippen molar-refractivity contribution in [1.29, 1.82) is 0 Å². The number of hydrogen-bond donors (Lipinski definition) is 1. The molecule has 0 radical (unpaired) electrons. The highest BCUT2D eigenvalue weighted by Crippen LogP contribution is 2.32. The molecule has 2 rings (SSSR count). The van der Waals surface area contributed by atoms with Gasteiger partial charge in [-0.15, -0.1) is 0 Å². The zero-order valence-electron chi connectivity index (χ0n) is 9.76. The molecule has 18 heavy (non-hydrogen) atoms. The van der Waals surface area contributed by atoms with E-state index in [-0.39, 0.29) is 23.7 Å². The molecule has 1 fully saturated rings. The molecule has 0 spiro atoms. The van der Waals surface area contributed by atoms with Gasteiger partial charge in [0.2, 0.25) is 0 Å². The molecule has 1 saturated heterocycles. The summed E-state index contributed by atoms with van der Waals surface area (Å²) >= 11 is 0. The van der Waals surface area contributed by atoms with Crippen LogP contribution in [-0.4, -0.2) is 18.9 Å². The molecule has 0 saturated carbocycles. The SMILES string of the molecule is O=C(Cc1ccccc1C(F)(F)F)CC1CNC1. The molecule has 0 unspecified atom stereocenters. The Kier molecular flexibility index (Phi) is 3.71. The van der Waals surface area contributed by atoms with E-state index in [1.54, 1.807) is 0 Å². The average Bonchev–Trinajstić information content (AvgIpc) is 2.23. The highest BCUT2D eigenvalue weighted by atomic mass is 19.4. The highest BCUT2D eigenvalue weighted by Gasteiger charge is 2.33. The summed E-state index contributed by atoms with van der Waals surface area (Å²) in [5.41, 5.74) is -0.632. The zero-order chi connectivity index (χ0) is 13.2. The van der Waals surface area contributed by atoms with E-state index in [2.05, 4.69) is 5.32 Å². The number of alkyl halides is 3. The van der Waals surface area contributed by atoms with Crippen LogP contribution in [0.25, 0.3) is 0 Å². The summed E-state index contributed by atoms with van der Waals surface area (Å²) in [6.45, 7) is 1.57. The molecule has 0 amide bonds. The number of nitrogens with one attached hydrogen (secondary N) is 1. The third-order valence-corrected chi connectivity index (χ3v) is 3.09. The maximum atomic E-state index is 12.7. The van der Waals surface area contributed by atoms with Gasteiger partial charge in [0.25, 0.3) is 0 Å². The molecule has 1 heterocycles. The minimum atomic E-state index is -4.39. The molecule has 0 bridgehead atoms. The average molecular weight is 257 g/mol. The highest BCUT2D eigenvalue weighted by molar-refractivity contribution is 5.81. The molecule has 1 aliphatic rings. The van der Waals surface area contributed by atoms with Gasteiger partial charge in [-0.1, -0.05) is 18.2 Å². The lowest BCUT2D eigenvalue weighted by Crippen LogP contribution is -2.43. The van der Waals surface area contributed by atoms with Crippen molar-refractivity contribution >= 4 is 5.78 Å². The number of hydrogen-bond acceptors (Lipinski definition) is 2. The fraction of sp³-hybridized carbons (Fsp3) is 0.462. The van der Waals surface area contributed by atoms with Crippen LogP contribution in [0.15, 0.2) is 24.3 Å². The first-order valence-electron chi connectivity index (χ1n) is 5.84. The molecule has 1 aromatic rings. The number of carbonyl (C=O) groups excluding carboxylic acids is 1. The van der Waals surface area contributed by atoms with Crippen molar-refractivity contribution in [3.05, 3.63) is 35.4 Å². The Morgan fingerprint density at radius 2 is 1.94 bits per heavy atom. The standard InChI is InChI=1S/C13H14F3NO/c14-13(15,16)12-4-2-1-3-10(12)6-11(18)5-9-7-17-8-9/h1-4,9,17H,5-8H2. The Bertz CT molecular complexity index is 438. The van der Waals surface area contributed by atoms with E-state index in [9.17, 15) is 18.0 Å². The van der Waals surface area contributed by atoms with Gasteiger partial charge >= 0.3 is 6.18 Å². The second-order valence-electron chi connectivity index (χ2n) is 4.60. The largest absolute Gasteiger partial charge is 0.416 e. The first kappa shape index (κ1) is 13.1. The van der Waals surface area contributed by atoms with Gasteiger partial charge in [0.1, 0.15) is 5.78 Å². The molecule has 2 nitrogen and oxygen atoms in total. The fourth-order valence-electron chi connectivity index (χ4n) is 2.05. The van der Waals surface area contributed by atoms with Gasteiger partial charge in [-0.05, 0) is 30.6 Å². The van der Waals surface area contributed by atoms with Gasteiger partial charge in [-0.3, -0.25) is 4.79 Å². The summed E-state index contributed by atoms with van der Waals surface area (Å²) in [5.74, 6) is 0.161. The topological polar surface area (TPSA) is 29.1 Å². The Balaban J connectivity index is 2.06. The van der Waals surface area contributed by atoms with E-state index < -0.39 is 11.7 Å². The van der Waals surface area contributed by atoms with Crippen molar-refractivity contribution < 1.29 is 18.0 Å². The van der Waals surface area contributed by atoms with Crippen LogP contribution in [-0.2, 0) is 17.4 Å². The number of halogens is 3. The van der Waals surface area contributed by atoms with E-state index in [1.165, 1.54) is 18.2 Å². The lowest BCUT2D eigenvalue weighted by molar-refractivity contribution is -0.138. The summed E-state index contributed by atoms with van der Waals surface area (Å²) in [6.07, 6.45) is -4.17. The van der Waals surface area contributed by atoms with Crippen molar-refractivity contribution in [2.45, 2.75) is 19.0 Å². The number of rotatable bonds is 4. The van der Waals surface area contributed by atoms with E-state index in [1.807, 2.05) is 0 Å². The summed E-state index contributed by atoms with van der Waals surface area (Å²) in [4.78, 5) is 11.7. The van der Waals surface area contributed by atoms with Gasteiger partial charge in [0, 0.05) is 12.8 Å². The van der Waals surface area contributed by atoms with E-state index in [0.717, 1.165) is 19.2 Å². The minimum absolute atomic E-state index is 0.0716. The molecule has 1 aromatic carbocycles. The summed E-state index contributed by atoms with van der Waals surface area (Å²) in [7, 11) is 0. The van der Waals surface area contributed by atoms with Crippen molar-refractivity contribution in [3.8, 4) is 0 Å². The normalized spacial score (nSPS) is 16.4. The quantitative estimate of drug-likeness (QED) is 0.897. The number of benzene rings is 1.